The average Bonchev–Trinajstić information content (AvgIpc) is 2.94. The van der Waals surface area contributed by atoms with Crippen LogP contribution in [0.2, 0.25) is 10.0 Å². The summed E-state index contributed by atoms with van der Waals surface area (Å²) in [7, 11) is 3.61. The van der Waals surface area contributed by atoms with Crippen molar-refractivity contribution in [2.24, 2.45) is 12.0 Å². The van der Waals surface area contributed by atoms with Crippen molar-refractivity contribution in [2.45, 2.75) is 32.9 Å². The molecular formula is C18H26Cl2N6O. The maximum atomic E-state index is 6.33. The van der Waals surface area contributed by atoms with Crippen molar-refractivity contribution in [2.75, 3.05) is 20.3 Å². The molecule has 0 saturated carbocycles. The number of aromatic nitrogens is 3. The summed E-state index contributed by atoms with van der Waals surface area (Å²) >= 11 is 12.3. The SMILES string of the molecule is COCCCNC(=NCc1nnc(C)n1C)NC(C)c1ccc(Cl)cc1Cl. The molecule has 0 saturated heterocycles. The first-order valence-corrected chi connectivity index (χ1v) is 9.51. The third-order valence-electron chi connectivity index (χ3n) is 4.16. The quantitative estimate of drug-likeness (QED) is 0.395. The van der Waals surface area contributed by atoms with Crippen LogP contribution >= 0.6 is 23.2 Å². The van der Waals surface area contributed by atoms with Gasteiger partial charge in [0.2, 0.25) is 0 Å². The van der Waals surface area contributed by atoms with Crippen LogP contribution in [0.5, 0.6) is 0 Å². The number of benzene rings is 1. The summed E-state index contributed by atoms with van der Waals surface area (Å²) < 4.78 is 7.02. The number of aryl methyl sites for hydroxylation is 1. The smallest absolute Gasteiger partial charge is 0.192 e. The highest BCUT2D eigenvalue weighted by atomic mass is 35.5. The minimum Gasteiger partial charge on any atom is -0.385 e. The second-order valence-corrected chi connectivity index (χ2v) is 7.04. The number of hydrogen-bond donors (Lipinski definition) is 2. The van der Waals surface area contributed by atoms with E-state index in [1.165, 1.54) is 0 Å². The Morgan fingerprint density at radius 3 is 2.74 bits per heavy atom. The lowest BCUT2D eigenvalue weighted by Crippen LogP contribution is -2.39. The Balaban J connectivity index is 2.10. The number of aliphatic imine (C=N–C) groups is 1. The van der Waals surface area contributed by atoms with E-state index in [2.05, 4.69) is 25.8 Å². The maximum Gasteiger partial charge on any atom is 0.192 e. The van der Waals surface area contributed by atoms with Gasteiger partial charge in [0.05, 0.1) is 6.04 Å². The van der Waals surface area contributed by atoms with Gasteiger partial charge in [-0.1, -0.05) is 29.3 Å². The number of halogens is 2. The molecule has 2 rings (SSSR count). The topological polar surface area (TPSA) is 76.4 Å². The van der Waals surface area contributed by atoms with Gasteiger partial charge < -0.3 is 19.9 Å². The van der Waals surface area contributed by atoms with E-state index in [-0.39, 0.29) is 6.04 Å². The van der Waals surface area contributed by atoms with E-state index in [4.69, 9.17) is 27.9 Å². The molecule has 0 radical (unpaired) electrons. The van der Waals surface area contributed by atoms with Crippen LogP contribution in [0.4, 0.5) is 0 Å². The van der Waals surface area contributed by atoms with Crippen LogP contribution in [0, 0.1) is 6.92 Å². The van der Waals surface area contributed by atoms with Crippen molar-refractivity contribution < 1.29 is 4.74 Å². The molecule has 0 aliphatic heterocycles. The second-order valence-electron chi connectivity index (χ2n) is 6.19. The van der Waals surface area contributed by atoms with E-state index in [1.54, 1.807) is 13.2 Å². The number of ether oxygens (including phenoxy) is 1. The van der Waals surface area contributed by atoms with Gasteiger partial charge in [0, 0.05) is 37.4 Å². The first kappa shape index (κ1) is 21.5. The van der Waals surface area contributed by atoms with Crippen LogP contribution < -0.4 is 10.6 Å². The lowest BCUT2D eigenvalue weighted by Gasteiger charge is -2.20. The molecule has 7 nitrogen and oxygen atoms in total. The number of methoxy groups -OCH3 is 1. The first-order chi connectivity index (χ1) is 12.9. The van der Waals surface area contributed by atoms with Crippen molar-refractivity contribution in [3.8, 4) is 0 Å². The number of nitrogens with one attached hydrogen (secondary N) is 2. The molecule has 27 heavy (non-hydrogen) atoms. The molecule has 2 N–H and O–H groups in total. The van der Waals surface area contributed by atoms with Crippen molar-refractivity contribution >= 4 is 29.2 Å². The summed E-state index contributed by atoms with van der Waals surface area (Å²) in [5, 5.41) is 16.1. The summed E-state index contributed by atoms with van der Waals surface area (Å²) in [5.41, 5.74) is 0.946. The summed E-state index contributed by atoms with van der Waals surface area (Å²) in [5.74, 6) is 2.32. The third kappa shape index (κ3) is 6.37. The van der Waals surface area contributed by atoms with Crippen molar-refractivity contribution in [1.82, 2.24) is 25.4 Å². The van der Waals surface area contributed by atoms with Crippen LogP contribution in [-0.2, 0) is 18.3 Å². The molecule has 0 aliphatic rings. The second kappa shape index (κ2) is 10.5. The predicted molar refractivity (Wildman–Crippen MR) is 109 cm³/mol. The molecule has 2 aromatic rings. The van der Waals surface area contributed by atoms with Gasteiger partial charge in [0.1, 0.15) is 12.4 Å². The number of rotatable bonds is 8. The predicted octanol–water partition coefficient (Wildman–Crippen LogP) is 3.26. The summed E-state index contributed by atoms with van der Waals surface area (Å²) in [6.45, 7) is 5.76. The Morgan fingerprint density at radius 2 is 2.11 bits per heavy atom. The highest BCUT2D eigenvalue weighted by Gasteiger charge is 2.12. The molecule has 0 aliphatic carbocycles. The van der Waals surface area contributed by atoms with Gasteiger partial charge in [-0.25, -0.2) is 4.99 Å². The Morgan fingerprint density at radius 1 is 1.33 bits per heavy atom. The van der Waals surface area contributed by atoms with Gasteiger partial charge >= 0.3 is 0 Å². The minimum absolute atomic E-state index is 0.0512. The molecule has 1 aromatic heterocycles. The Bertz CT molecular complexity index is 777. The summed E-state index contributed by atoms with van der Waals surface area (Å²) in [6.07, 6.45) is 0.871. The molecule has 1 heterocycles. The Labute approximate surface area is 170 Å². The van der Waals surface area contributed by atoms with Gasteiger partial charge in [-0.2, -0.15) is 0 Å². The maximum absolute atomic E-state index is 6.33. The molecule has 0 spiro atoms. The molecule has 148 valence electrons. The zero-order valence-corrected chi connectivity index (χ0v) is 17.6. The van der Waals surface area contributed by atoms with Crippen LogP contribution in [0.25, 0.3) is 0 Å². The van der Waals surface area contributed by atoms with E-state index in [9.17, 15) is 0 Å². The molecular weight excluding hydrogens is 387 g/mol. The van der Waals surface area contributed by atoms with E-state index in [0.29, 0.717) is 29.2 Å². The van der Waals surface area contributed by atoms with E-state index in [1.807, 2.05) is 37.6 Å². The number of guanidine groups is 1. The molecule has 1 atom stereocenters. The van der Waals surface area contributed by atoms with E-state index in [0.717, 1.165) is 30.2 Å². The largest absolute Gasteiger partial charge is 0.385 e. The van der Waals surface area contributed by atoms with Gasteiger partial charge in [-0.3, -0.25) is 0 Å². The van der Waals surface area contributed by atoms with Crippen LogP contribution in [0.15, 0.2) is 23.2 Å². The fraction of sp³-hybridized carbons (Fsp3) is 0.500. The zero-order chi connectivity index (χ0) is 19.8. The highest BCUT2D eigenvalue weighted by Crippen LogP contribution is 2.26. The van der Waals surface area contributed by atoms with E-state index >= 15 is 0 Å². The molecule has 0 fully saturated rings. The lowest BCUT2D eigenvalue weighted by atomic mass is 10.1. The molecule has 1 aromatic carbocycles. The number of hydrogen-bond acceptors (Lipinski definition) is 4. The van der Waals surface area contributed by atoms with Gasteiger partial charge in [0.15, 0.2) is 11.8 Å². The Kier molecular flexibility index (Phi) is 8.34. The highest BCUT2D eigenvalue weighted by molar-refractivity contribution is 6.35. The fourth-order valence-electron chi connectivity index (χ4n) is 2.45. The zero-order valence-electron chi connectivity index (χ0n) is 16.1. The monoisotopic (exact) mass is 412 g/mol. The minimum atomic E-state index is -0.0512. The van der Waals surface area contributed by atoms with Gasteiger partial charge in [-0.15, -0.1) is 10.2 Å². The van der Waals surface area contributed by atoms with Crippen molar-refractivity contribution in [1.29, 1.82) is 0 Å². The molecule has 1 unspecified atom stereocenters. The van der Waals surface area contributed by atoms with Crippen molar-refractivity contribution in [3.05, 3.63) is 45.5 Å². The van der Waals surface area contributed by atoms with Crippen molar-refractivity contribution in [3.63, 3.8) is 0 Å². The summed E-state index contributed by atoms with van der Waals surface area (Å²) in [6, 6.07) is 5.43. The number of nitrogens with zero attached hydrogens (tertiary/aromatic N) is 4. The normalized spacial score (nSPS) is 12.9. The Hall–Kier alpha value is -1.83. The fourth-order valence-corrected chi connectivity index (χ4v) is 3.02. The van der Waals surface area contributed by atoms with E-state index < -0.39 is 0 Å². The molecule has 0 amide bonds. The van der Waals surface area contributed by atoms with Gasteiger partial charge in [0.25, 0.3) is 0 Å². The van der Waals surface area contributed by atoms with Crippen LogP contribution in [0.1, 0.15) is 36.6 Å². The standard InChI is InChI=1S/C18H26Cl2N6O/c1-12(15-7-6-14(19)10-16(15)20)23-18(21-8-5-9-27-4)22-11-17-25-24-13(2)26(17)3/h6-7,10,12H,5,8-9,11H2,1-4H3,(H2,21,22,23). The molecule has 9 heteroatoms. The summed E-state index contributed by atoms with van der Waals surface area (Å²) in [4.78, 5) is 4.64. The first-order valence-electron chi connectivity index (χ1n) is 8.76. The third-order valence-corrected chi connectivity index (χ3v) is 4.72. The average molecular weight is 413 g/mol. The van der Waals surface area contributed by atoms with Crippen LogP contribution in [-0.4, -0.2) is 41.0 Å². The van der Waals surface area contributed by atoms with Crippen LogP contribution in [0.3, 0.4) is 0 Å². The van der Waals surface area contributed by atoms with Gasteiger partial charge in [-0.05, 0) is 38.0 Å². The lowest BCUT2D eigenvalue weighted by molar-refractivity contribution is 0.195. The molecule has 0 bridgehead atoms.